The number of aryl methyl sites for hydroxylation is 1. The molecule has 2 rings (SSSR count). The van der Waals surface area contributed by atoms with Gasteiger partial charge in [0.2, 0.25) is 11.8 Å². The fraction of sp³-hybridized carbons (Fsp3) is 0.385. The molecule has 1 aliphatic heterocycles. The monoisotopic (exact) mass is 249 g/mol. The maximum Gasteiger partial charge on any atom is 0.242 e. The van der Waals surface area contributed by atoms with Gasteiger partial charge in [0.05, 0.1) is 17.5 Å². The fourth-order valence-electron chi connectivity index (χ4n) is 1.73. The molecule has 0 unspecified atom stereocenters. The van der Waals surface area contributed by atoms with Crippen molar-refractivity contribution in [3.8, 4) is 0 Å². The second kappa shape index (κ2) is 4.92. The molecule has 4 heteroatoms. The van der Waals surface area contributed by atoms with Crippen LogP contribution in [0.25, 0.3) is 0 Å². The minimum atomic E-state index is -0.113. The zero-order valence-electron chi connectivity index (χ0n) is 9.97. The number of rotatable bonds is 2. The van der Waals surface area contributed by atoms with E-state index < -0.39 is 0 Å². The fourth-order valence-corrected chi connectivity index (χ4v) is 2.55. The first kappa shape index (κ1) is 12.2. The SMILES string of the molecule is Cc1ccc(CN2C(=O)CS[C@H](C)C2=O)cc1. The highest BCUT2D eigenvalue weighted by molar-refractivity contribution is 8.01. The molecule has 2 amide bonds. The lowest BCUT2D eigenvalue weighted by molar-refractivity contribution is -0.144. The van der Waals surface area contributed by atoms with Crippen LogP contribution in [0.15, 0.2) is 24.3 Å². The van der Waals surface area contributed by atoms with Crippen LogP contribution in [0.1, 0.15) is 18.1 Å². The van der Waals surface area contributed by atoms with E-state index in [2.05, 4.69) is 0 Å². The Hall–Kier alpha value is -1.29. The van der Waals surface area contributed by atoms with Crippen molar-refractivity contribution >= 4 is 23.6 Å². The summed E-state index contributed by atoms with van der Waals surface area (Å²) in [6.45, 7) is 4.25. The number of hydrogen-bond acceptors (Lipinski definition) is 3. The largest absolute Gasteiger partial charge is 0.276 e. The average molecular weight is 249 g/mol. The first-order valence-corrected chi connectivity index (χ1v) is 6.64. The molecule has 17 heavy (non-hydrogen) atoms. The summed E-state index contributed by atoms with van der Waals surface area (Å²) in [5, 5.41) is -0.113. The van der Waals surface area contributed by atoms with Crippen molar-refractivity contribution in [2.75, 3.05) is 5.75 Å². The quantitative estimate of drug-likeness (QED) is 0.752. The van der Waals surface area contributed by atoms with Crippen LogP contribution < -0.4 is 0 Å². The van der Waals surface area contributed by atoms with E-state index in [4.69, 9.17) is 0 Å². The summed E-state index contributed by atoms with van der Waals surface area (Å²) in [4.78, 5) is 25.0. The Kier molecular flexibility index (Phi) is 3.52. The summed E-state index contributed by atoms with van der Waals surface area (Å²) in [6, 6.07) is 7.91. The van der Waals surface area contributed by atoms with E-state index in [1.165, 1.54) is 22.2 Å². The van der Waals surface area contributed by atoms with Crippen molar-refractivity contribution in [1.82, 2.24) is 4.90 Å². The standard InChI is InChI=1S/C13H15NO2S/c1-9-3-5-11(6-4-9)7-14-12(15)8-17-10(2)13(14)16/h3-6,10H,7-8H2,1-2H3/t10-/m1/s1. The number of amides is 2. The Morgan fingerprint density at radius 1 is 1.29 bits per heavy atom. The van der Waals surface area contributed by atoms with Gasteiger partial charge in [-0.1, -0.05) is 29.8 Å². The minimum Gasteiger partial charge on any atom is -0.276 e. The van der Waals surface area contributed by atoms with Gasteiger partial charge in [0.15, 0.2) is 0 Å². The Bertz CT molecular complexity index is 441. The van der Waals surface area contributed by atoms with E-state index in [1.807, 2.05) is 38.1 Å². The van der Waals surface area contributed by atoms with Gasteiger partial charge in [0, 0.05) is 0 Å². The number of imide groups is 1. The van der Waals surface area contributed by atoms with Crippen LogP contribution in [0, 0.1) is 6.92 Å². The number of thioether (sulfide) groups is 1. The molecule has 0 spiro atoms. The van der Waals surface area contributed by atoms with Crippen LogP contribution in [0.3, 0.4) is 0 Å². The lowest BCUT2D eigenvalue weighted by Gasteiger charge is -2.28. The van der Waals surface area contributed by atoms with E-state index in [1.54, 1.807) is 0 Å². The van der Waals surface area contributed by atoms with Gasteiger partial charge in [-0.3, -0.25) is 14.5 Å². The minimum absolute atomic E-state index is 0.0770. The van der Waals surface area contributed by atoms with Gasteiger partial charge >= 0.3 is 0 Å². The molecule has 1 atom stereocenters. The number of nitrogens with zero attached hydrogens (tertiary/aromatic N) is 1. The van der Waals surface area contributed by atoms with Crippen molar-refractivity contribution in [2.24, 2.45) is 0 Å². The summed E-state index contributed by atoms with van der Waals surface area (Å²) < 4.78 is 0. The molecule has 0 N–H and O–H groups in total. The molecule has 0 saturated carbocycles. The van der Waals surface area contributed by atoms with Gasteiger partial charge in [0.1, 0.15) is 0 Å². The molecule has 0 aliphatic carbocycles. The van der Waals surface area contributed by atoms with E-state index in [9.17, 15) is 9.59 Å². The van der Waals surface area contributed by atoms with Crippen molar-refractivity contribution < 1.29 is 9.59 Å². The second-order valence-corrected chi connectivity index (χ2v) is 5.59. The zero-order chi connectivity index (χ0) is 12.4. The number of carbonyl (C=O) groups excluding carboxylic acids is 2. The normalized spacial score (nSPS) is 20.8. The summed E-state index contributed by atoms with van der Waals surface area (Å²) in [6.07, 6.45) is 0. The third-order valence-electron chi connectivity index (χ3n) is 2.83. The molecule has 0 radical (unpaired) electrons. The van der Waals surface area contributed by atoms with Crippen molar-refractivity contribution in [1.29, 1.82) is 0 Å². The predicted octanol–water partition coefficient (Wildman–Crippen LogP) is 1.99. The highest BCUT2D eigenvalue weighted by atomic mass is 32.2. The maximum absolute atomic E-state index is 11.9. The topological polar surface area (TPSA) is 37.4 Å². The van der Waals surface area contributed by atoms with Gasteiger partial charge < -0.3 is 0 Å². The molecule has 1 saturated heterocycles. The van der Waals surface area contributed by atoms with Crippen LogP contribution >= 0.6 is 11.8 Å². The smallest absolute Gasteiger partial charge is 0.242 e. The number of carbonyl (C=O) groups is 2. The van der Waals surface area contributed by atoms with E-state index >= 15 is 0 Å². The predicted molar refractivity (Wildman–Crippen MR) is 68.7 cm³/mol. The molecule has 90 valence electrons. The van der Waals surface area contributed by atoms with Crippen LogP contribution in [0.2, 0.25) is 0 Å². The third-order valence-corrected chi connectivity index (χ3v) is 3.95. The molecular formula is C13H15NO2S. The Morgan fingerprint density at radius 3 is 2.59 bits per heavy atom. The van der Waals surface area contributed by atoms with Crippen LogP contribution in [-0.2, 0) is 16.1 Å². The summed E-state index contributed by atoms with van der Waals surface area (Å²) in [5.74, 6) is 0.240. The molecule has 1 aromatic rings. The van der Waals surface area contributed by atoms with Gasteiger partial charge in [0.25, 0.3) is 0 Å². The third kappa shape index (κ3) is 2.69. The lowest BCUT2D eigenvalue weighted by atomic mass is 10.1. The number of benzene rings is 1. The van der Waals surface area contributed by atoms with Gasteiger partial charge in [-0.25, -0.2) is 0 Å². The first-order valence-electron chi connectivity index (χ1n) is 5.59. The van der Waals surface area contributed by atoms with Crippen LogP contribution in [0.5, 0.6) is 0 Å². The lowest BCUT2D eigenvalue weighted by Crippen LogP contribution is -2.45. The van der Waals surface area contributed by atoms with E-state index in [-0.39, 0.29) is 17.1 Å². The van der Waals surface area contributed by atoms with Crippen LogP contribution in [-0.4, -0.2) is 27.7 Å². The van der Waals surface area contributed by atoms with Gasteiger partial charge in [-0.05, 0) is 19.4 Å². The van der Waals surface area contributed by atoms with E-state index in [0.717, 1.165) is 5.56 Å². The second-order valence-electron chi connectivity index (χ2n) is 4.26. The van der Waals surface area contributed by atoms with Crippen molar-refractivity contribution in [3.63, 3.8) is 0 Å². The zero-order valence-corrected chi connectivity index (χ0v) is 10.8. The average Bonchev–Trinajstić information content (AvgIpc) is 2.32. The Morgan fingerprint density at radius 2 is 1.94 bits per heavy atom. The molecular weight excluding hydrogens is 234 g/mol. The molecule has 1 aliphatic rings. The highest BCUT2D eigenvalue weighted by Gasteiger charge is 2.31. The summed E-state index contributed by atoms with van der Waals surface area (Å²) in [5.41, 5.74) is 2.17. The van der Waals surface area contributed by atoms with Crippen molar-refractivity contribution in [3.05, 3.63) is 35.4 Å². The number of hydrogen-bond donors (Lipinski definition) is 0. The highest BCUT2D eigenvalue weighted by Crippen LogP contribution is 2.22. The van der Waals surface area contributed by atoms with Gasteiger partial charge in [-0.2, -0.15) is 0 Å². The maximum atomic E-state index is 11.9. The summed E-state index contributed by atoms with van der Waals surface area (Å²) >= 11 is 1.41. The Labute approximate surface area is 105 Å². The van der Waals surface area contributed by atoms with Gasteiger partial charge in [-0.15, -0.1) is 11.8 Å². The van der Waals surface area contributed by atoms with Crippen LogP contribution in [0.4, 0.5) is 0 Å². The molecule has 0 bridgehead atoms. The van der Waals surface area contributed by atoms with Crippen molar-refractivity contribution in [2.45, 2.75) is 25.6 Å². The molecule has 0 aromatic heterocycles. The molecule has 1 heterocycles. The molecule has 1 fully saturated rings. The first-order chi connectivity index (χ1) is 8.08. The molecule has 3 nitrogen and oxygen atoms in total. The Balaban J connectivity index is 2.13. The molecule has 1 aromatic carbocycles. The summed E-state index contributed by atoms with van der Waals surface area (Å²) in [7, 11) is 0. The van der Waals surface area contributed by atoms with E-state index in [0.29, 0.717) is 12.3 Å².